The molecule has 1 N–H and O–H groups in total. The average molecular weight is 460 g/mol. The fraction of sp³-hybridized carbons (Fsp3) is 0.667. The van der Waals surface area contributed by atoms with Crippen molar-refractivity contribution in [1.82, 2.24) is 15.2 Å². The number of pyridine rings is 1. The van der Waals surface area contributed by atoms with E-state index in [1.807, 2.05) is 18.2 Å². The van der Waals surface area contributed by atoms with Crippen LogP contribution in [-0.2, 0) is 11.2 Å². The largest absolute Gasteiger partial charge is 0.481 e. The highest BCUT2D eigenvalue weighted by molar-refractivity contribution is 14.0. The number of guanidine groups is 1. The minimum atomic E-state index is 0. The summed E-state index contributed by atoms with van der Waals surface area (Å²) in [5.41, 5.74) is 1.36. The molecule has 6 nitrogen and oxygen atoms in total. The molecule has 140 valence electrons. The van der Waals surface area contributed by atoms with E-state index in [-0.39, 0.29) is 24.0 Å². The summed E-state index contributed by atoms with van der Waals surface area (Å²) in [5.74, 6) is 1.68. The third kappa shape index (κ3) is 5.20. The molecule has 1 atom stereocenters. The van der Waals surface area contributed by atoms with Gasteiger partial charge in [-0.15, -0.1) is 24.0 Å². The van der Waals surface area contributed by atoms with Crippen molar-refractivity contribution in [3.05, 3.63) is 23.9 Å². The number of aliphatic imine (C=N–C) groups is 1. The number of methoxy groups -OCH3 is 1. The molecule has 2 aliphatic rings. The number of hydrogen-bond donors (Lipinski definition) is 1. The molecule has 25 heavy (non-hydrogen) atoms. The summed E-state index contributed by atoms with van der Waals surface area (Å²) in [5, 5.41) is 3.43. The summed E-state index contributed by atoms with van der Waals surface area (Å²) in [6.07, 6.45) is 3.19. The van der Waals surface area contributed by atoms with Crippen LogP contribution in [0.5, 0.6) is 5.88 Å². The number of rotatable bonds is 5. The van der Waals surface area contributed by atoms with Crippen molar-refractivity contribution in [2.45, 2.75) is 26.2 Å². The van der Waals surface area contributed by atoms with Crippen LogP contribution in [-0.4, -0.2) is 62.3 Å². The number of halogens is 1. The van der Waals surface area contributed by atoms with Crippen molar-refractivity contribution in [3.8, 4) is 5.88 Å². The van der Waals surface area contributed by atoms with Gasteiger partial charge in [0.15, 0.2) is 5.96 Å². The fourth-order valence-corrected chi connectivity index (χ4v) is 3.50. The van der Waals surface area contributed by atoms with Crippen LogP contribution < -0.4 is 10.1 Å². The van der Waals surface area contributed by atoms with Crippen LogP contribution in [0.3, 0.4) is 0 Å². The Balaban J connectivity index is 0.00000225. The maximum Gasteiger partial charge on any atom is 0.213 e. The van der Waals surface area contributed by atoms with Crippen LogP contribution in [0, 0.1) is 5.41 Å². The van der Waals surface area contributed by atoms with Gasteiger partial charge in [-0.05, 0) is 25.8 Å². The van der Waals surface area contributed by atoms with E-state index in [9.17, 15) is 0 Å². The number of nitrogens with one attached hydrogen (secondary N) is 1. The van der Waals surface area contributed by atoms with Crippen molar-refractivity contribution in [1.29, 1.82) is 0 Å². The maximum absolute atomic E-state index is 5.62. The number of nitrogens with zero attached hydrogens (tertiary/aromatic N) is 3. The summed E-state index contributed by atoms with van der Waals surface area (Å²) in [6, 6.07) is 5.86. The number of ether oxygens (including phenoxy) is 2. The zero-order valence-corrected chi connectivity index (χ0v) is 17.5. The molecule has 7 heteroatoms. The van der Waals surface area contributed by atoms with E-state index in [1.165, 1.54) is 12.8 Å². The number of likely N-dealkylation sites (tertiary alicyclic amines) is 1. The first-order valence-electron chi connectivity index (χ1n) is 8.86. The van der Waals surface area contributed by atoms with Gasteiger partial charge in [0, 0.05) is 56.4 Å². The Morgan fingerprint density at radius 2 is 2.32 bits per heavy atom. The van der Waals surface area contributed by atoms with Crippen molar-refractivity contribution < 1.29 is 9.47 Å². The normalized spacial score (nSPS) is 23.0. The third-order valence-corrected chi connectivity index (χ3v) is 4.88. The lowest BCUT2D eigenvalue weighted by atomic mass is 9.87. The molecule has 2 aliphatic heterocycles. The molecule has 3 heterocycles. The van der Waals surface area contributed by atoms with Gasteiger partial charge in [-0.1, -0.05) is 6.07 Å². The van der Waals surface area contributed by atoms with Crippen molar-refractivity contribution in [2.75, 3.05) is 46.5 Å². The summed E-state index contributed by atoms with van der Waals surface area (Å²) < 4.78 is 10.8. The van der Waals surface area contributed by atoms with Gasteiger partial charge < -0.3 is 19.7 Å². The molecule has 0 aromatic carbocycles. The summed E-state index contributed by atoms with van der Waals surface area (Å²) in [6.45, 7) is 7.64. The van der Waals surface area contributed by atoms with E-state index in [4.69, 9.17) is 14.5 Å². The smallest absolute Gasteiger partial charge is 0.213 e. The Morgan fingerprint density at radius 3 is 3.04 bits per heavy atom. The maximum atomic E-state index is 5.62. The van der Waals surface area contributed by atoms with Gasteiger partial charge in [-0.2, -0.15) is 0 Å². The first-order valence-corrected chi connectivity index (χ1v) is 8.86. The molecule has 1 spiro atoms. The van der Waals surface area contributed by atoms with Gasteiger partial charge in [-0.3, -0.25) is 4.99 Å². The van der Waals surface area contributed by atoms with Gasteiger partial charge in [0.1, 0.15) is 0 Å². The minimum absolute atomic E-state index is 0. The van der Waals surface area contributed by atoms with E-state index in [2.05, 4.69) is 22.1 Å². The monoisotopic (exact) mass is 460 g/mol. The van der Waals surface area contributed by atoms with Crippen LogP contribution in [0.1, 0.15) is 25.5 Å². The summed E-state index contributed by atoms with van der Waals surface area (Å²) in [7, 11) is 1.64. The quantitative estimate of drug-likeness (QED) is 0.416. The average Bonchev–Trinajstić information content (AvgIpc) is 3.24. The molecule has 0 bridgehead atoms. The van der Waals surface area contributed by atoms with Crippen molar-refractivity contribution in [2.24, 2.45) is 10.4 Å². The van der Waals surface area contributed by atoms with Crippen LogP contribution in [0.4, 0.5) is 0 Å². The van der Waals surface area contributed by atoms with E-state index in [0.717, 1.165) is 57.5 Å². The molecule has 0 amide bonds. The van der Waals surface area contributed by atoms with Crippen LogP contribution in [0.2, 0.25) is 0 Å². The molecule has 3 rings (SSSR count). The molecular weight excluding hydrogens is 431 g/mol. The number of hydrogen-bond acceptors (Lipinski definition) is 4. The predicted octanol–water partition coefficient (Wildman–Crippen LogP) is 2.33. The van der Waals surface area contributed by atoms with Crippen molar-refractivity contribution >= 4 is 29.9 Å². The van der Waals surface area contributed by atoms with E-state index in [0.29, 0.717) is 11.3 Å². The van der Waals surface area contributed by atoms with E-state index >= 15 is 0 Å². The van der Waals surface area contributed by atoms with Crippen LogP contribution in [0.15, 0.2) is 23.2 Å². The van der Waals surface area contributed by atoms with Gasteiger partial charge in [-0.25, -0.2) is 4.98 Å². The Bertz CT molecular complexity index is 576. The van der Waals surface area contributed by atoms with E-state index < -0.39 is 0 Å². The zero-order valence-electron chi connectivity index (χ0n) is 15.2. The summed E-state index contributed by atoms with van der Waals surface area (Å²) >= 11 is 0. The minimum Gasteiger partial charge on any atom is -0.481 e. The highest BCUT2D eigenvalue weighted by Gasteiger charge is 2.42. The SMILES string of the molecule is CCNC(=NCCc1cccc(OC)n1)N1CCC2(CCOC2)C1.I. The first-order chi connectivity index (χ1) is 11.7. The lowest BCUT2D eigenvalue weighted by Gasteiger charge is -2.25. The fourth-order valence-electron chi connectivity index (χ4n) is 3.50. The molecular formula is C18H29IN4O2. The first kappa shape index (κ1) is 20.2. The van der Waals surface area contributed by atoms with E-state index in [1.54, 1.807) is 7.11 Å². The van der Waals surface area contributed by atoms with Gasteiger partial charge in [0.2, 0.25) is 5.88 Å². The molecule has 1 aromatic rings. The van der Waals surface area contributed by atoms with Crippen molar-refractivity contribution in [3.63, 3.8) is 0 Å². The van der Waals surface area contributed by atoms with Gasteiger partial charge in [0.05, 0.1) is 13.7 Å². The molecule has 0 aliphatic carbocycles. The second kappa shape index (κ2) is 9.56. The lowest BCUT2D eigenvalue weighted by molar-refractivity contribution is 0.156. The molecule has 0 saturated carbocycles. The molecule has 2 saturated heterocycles. The van der Waals surface area contributed by atoms with Crippen LogP contribution >= 0.6 is 24.0 Å². The Labute approximate surface area is 167 Å². The van der Waals surface area contributed by atoms with Crippen LogP contribution in [0.25, 0.3) is 0 Å². The third-order valence-electron chi connectivity index (χ3n) is 4.88. The molecule has 0 radical (unpaired) electrons. The highest BCUT2D eigenvalue weighted by atomic mass is 127. The lowest BCUT2D eigenvalue weighted by Crippen LogP contribution is -2.41. The Hall–Kier alpha value is -1.09. The highest BCUT2D eigenvalue weighted by Crippen LogP contribution is 2.38. The second-order valence-corrected chi connectivity index (χ2v) is 6.63. The Morgan fingerprint density at radius 1 is 1.44 bits per heavy atom. The molecule has 1 aromatic heterocycles. The second-order valence-electron chi connectivity index (χ2n) is 6.63. The van der Waals surface area contributed by atoms with Gasteiger partial charge >= 0.3 is 0 Å². The van der Waals surface area contributed by atoms with Gasteiger partial charge in [0.25, 0.3) is 0 Å². The summed E-state index contributed by atoms with van der Waals surface area (Å²) in [4.78, 5) is 11.6. The molecule has 1 unspecified atom stereocenters. The standard InChI is InChI=1S/C18H28N4O2.HI/c1-3-19-17(22-11-8-18(13-22)9-12-24-14-18)20-10-7-15-5-4-6-16(21-15)23-2;/h4-6H,3,7-14H2,1-2H3,(H,19,20);1H. The predicted molar refractivity (Wildman–Crippen MR) is 110 cm³/mol. The zero-order chi connectivity index (χ0) is 16.8. The Kier molecular flexibility index (Phi) is 7.74. The molecule has 2 fully saturated rings. The topological polar surface area (TPSA) is 59.0 Å². The number of aromatic nitrogens is 1.